The molecule has 4 nitrogen and oxygen atoms in total. The van der Waals surface area contributed by atoms with Gasteiger partial charge in [0.25, 0.3) is 0 Å². The van der Waals surface area contributed by atoms with Crippen LogP contribution in [-0.2, 0) is 6.54 Å². The van der Waals surface area contributed by atoms with Gasteiger partial charge in [-0.3, -0.25) is 9.80 Å². The lowest BCUT2D eigenvalue weighted by Crippen LogP contribution is -2.43. The molecular weight excluding hydrogens is 544 g/mol. The van der Waals surface area contributed by atoms with Crippen LogP contribution in [0.15, 0.2) is 48.5 Å². The molecule has 0 atom stereocenters. The van der Waals surface area contributed by atoms with E-state index in [4.69, 9.17) is 34.8 Å². The van der Waals surface area contributed by atoms with Crippen LogP contribution in [-0.4, -0.2) is 29.6 Å². The molecule has 0 spiro atoms. The van der Waals surface area contributed by atoms with Crippen LogP contribution in [0.3, 0.4) is 0 Å². The lowest BCUT2D eigenvalue weighted by molar-refractivity contribution is 0.131. The molecule has 38 heavy (non-hydrogen) atoms. The number of hydrogen-bond acceptors (Lipinski definition) is 2. The van der Waals surface area contributed by atoms with Gasteiger partial charge in [-0.2, -0.15) is 0 Å². The van der Waals surface area contributed by atoms with Crippen molar-refractivity contribution in [3.63, 3.8) is 0 Å². The average Bonchev–Trinajstić information content (AvgIpc) is 3.71. The van der Waals surface area contributed by atoms with Crippen LogP contribution in [0.1, 0.15) is 56.1 Å². The molecule has 0 bridgehead atoms. The molecule has 3 aromatic carbocycles. The fourth-order valence-electron chi connectivity index (χ4n) is 6.25. The molecule has 1 saturated carbocycles. The highest BCUT2D eigenvalue weighted by molar-refractivity contribution is 6.40. The number of anilines is 2. The summed E-state index contributed by atoms with van der Waals surface area (Å²) in [6.45, 7) is 4.72. The van der Waals surface area contributed by atoms with Gasteiger partial charge in [0.15, 0.2) is 0 Å². The number of halogens is 4. The number of nitrogens with zero attached hydrogens (tertiary/aromatic N) is 2. The van der Waals surface area contributed by atoms with Crippen molar-refractivity contribution < 1.29 is 9.18 Å². The van der Waals surface area contributed by atoms with Crippen LogP contribution in [0, 0.1) is 5.82 Å². The van der Waals surface area contributed by atoms with Crippen molar-refractivity contribution in [2.24, 2.45) is 0 Å². The van der Waals surface area contributed by atoms with E-state index in [0.717, 1.165) is 53.9 Å². The Morgan fingerprint density at radius 2 is 1.68 bits per heavy atom. The van der Waals surface area contributed by atoms with Crippen molar-refractivity contribution in [2.45, 2.75) is 57.0 Å². The minimum atomic E-state index is -0.390. The number of likely N-dealkylation sites (tertiary alicyclic amines) is 1. The van der Waals surface area contributed by atoms with E-state index in [1.54, 1.807) is 29.2 Å². The van der Waals surface area contributed by atoms with E-state index < -0.39 is 0 Å². The molecule has 6 rings (SSSR count). The fourth-order valence-corrected chi connectivity index (χ4v) is 7.09. The SMILES string of the molecule is CCC1(N2CCC(c3cc(-c4ccc(F)cc4Cl)c4c(c3)N(c3c(Cl)cccc3Cl)C(=O)NC4)CC2)CC1. The van der Waals surface area contributed by atoms with Crippen LogP contribution in [0.4, 0.5) is 20.6 Å². The van der Waals surface area contributed by atoms with E-state index in [2.05, 4.69) is 29.3 Å². The third-order valence-electron chi connectivity index (χ3n) is 8.61. The van der Waals surface area contributed by atoms with Crippen LogP contribution >= 0.6 is 34.8 Å². The van der Waals surface area contributed by atoms with Crippen molar-refractivity contribution in [3.05, 3.63) is 80.5 Å². The highest BCUT2D eigenvalue weighted by Crippen LogP contribution is 2.49. The number of fused-ring (bicyclic) bond motifs is 1. The molecule has 0 radical (unpaired) electrons. The normalized spacial score (nSPS) is 19.3. The molecule has 1 N–H and O–H groups in total. The number of carbonyl (C=O) groups excluding carboxylic acids is 1. The summed E-state index contributed by atoms with van der Waals surface area (Å²) in [5.41, 5.74) is 5.21. The minimum absolute atomic E-state index is 0.297. The first-order valence-corrected chi connectivity index (χ1v) is 14.3. The standard InChI is InChI=1S/C30H29Cl3FN3O/c1-2-30(10-11-30)36-12-8-18(9-13-36)19-14-22(21-7-6-20(34)16-26(21)33)23-17-35-29(38)37(27(23)15-19)28-24(31)4-3-5-25(28)32/h3-7,14-16,18H,2,8-13,17H2,1H3,(H,35,38). The second-order valence-corrected chi connectivity index (χ2v) is 11.8. The van der Waals surface area contributed by atoms with E-state index in [0.29, 0.717) is 38.8 Å². The Bertz CT molecular complexity index is 1400. The van der Waals surface area contributed by atoms with Gasteiger partial charge in [0, 0.05) is 23.2 Å². The molecule has 8 heteroatoms. The Labute approximate surface area is 237 Å². The molecule has 1 aliphatic carbocycles. The number of urea groups is 1. The smallest absolute Gasteiger partial charge is 0.326 e. The summed E-state index contributed by atoms with van der Waals surface area (Å²) >= 11 is 19.8. The van der Waals surface area contributed by atoms with Gasteiger partial charge in [0.05, 0.1) is 26.4 Å². The molecule has 0 unspecified atom stereocenters. The largest absolute Gasteiger partial charge is 0.333 e. The Morgan fingerprint density at radius 3 is 2.32 bits per heavy atom. The summed E-state index contributed by atoms with van der Waals surface area (Å²) in [7, 11) is 0. The van der Waals surface area contributed by atoms with E-state index in [1.807, 2.05) is 0 Å². The first kappa shape index (κ1) is 25.9. The zero-order chi connectivity index (χ0) is 26.6. The minimum Gasteiger partial charge on any atom is -0.333 e. The maximum absolute atomic E-state index is 14.0. The predicted octanol–water partition coefficient (Wildman–Crippen LogP) is 8.94. The van der Waals surface area contributed by atoms with Crippen LogP contribution in [0.25, 0.3) is 11.1 Å². The molecule has 198 valence electrons. The number of para-hydroxylation sites is 1. The van der Waals surface area contributed by atoms with E-state index in [-0.39, 0.29) is 11.8 Å². The second-order valence-electron chi connectivity index (χ2n) is 10.6. The maximum atomic E-state index is 14.0. The zero-order valence-corrected chi connectivity index (χ0v) is 23.4. The summed E-state index contributed by atoms with van der Waals surface area (Å²) < 4.78 is 14.0. The molecule has 3 aromatic rings. The summed E-state index contributed by atoms with van der Waals surface area (Å²) in [6, 6.07) is 13.7. The average molecular weight is 573 g/mol. The van der Waals surface area contributed by atoms with Crippen molar-refractivity contribution in [1.82, 2.24) is 10.2 Å². The third-order valence-corrected chi connectivity index (χ3v) is 9.54. The van der Waals surface area contributed by atoms with E-state index in [1.165, 1.54) is 31.4 Å². The van der Waals surface area contributed by atoms with Gasteiger partial charge in [-0.25, -0.2) is 9.18 Å². The molecule has 3 aliphatic rings. The van der Waals surface area contributed by atoms with Crippen LogP contribution < -0.4 is 10.2 Å². The molecule has 2 fully saturated rings. The highest BCUT2D eigenvalue weighted by Gasteiger charge is 2.47. The molecule has 2 aliphatic heterocycles. The van der Waals surface area contributed by atoms with E-state index >= 15 is 0 Å². The van der Waals surface area contributed by atoms with Crippen molar-refractivity contribution in [2.75, 3.05) is 18.0 Å². The van der Waals surface area contributed by atoms with Gasteiger partial charge in [-0.05, 0) is 98.6 Å². The van der Waals surface area contributed by atoms with Crippen molar-refractivity contribution >= 4 is 52.2 Å². The summed E-state index contributed by atoms with van der Waals surface area (Å²) in [5.74, 6) is -0.0606. The Kier molecular flexibility index (Phi) is 6.84. The fraction of sp³-hybridized carbons (Fsp3) is 0.367. The lowest BCUT2D eigenvalue weighted by atomic mass is 9.84. The zero-order valence-electron chi connectivity index (χ0n) is 21.2. The van der Waals surface area contributed by atoms with Crippen LogP contribution in [0.2, 0.25) is 15.1 Å². The Balaban J connectivity index is 1.48. The summed E-state index contributed by atoms with van der Waals surface area (Å²) in [4.78, 5) is 17.6. The number of amides is 2. The van der Waals surface area contributed by atoms with Crippen molar-refractivity contribution in [3.8, 4) is 11.1 Å². The predicted molar refractivity (Wildman–Crippen MR) is 153 cm³/mol. The molecule has 1 saturated heterocycles. The molecular formula is C30H29Cl3FN3O. The molecule has 2 heterocycles. The van der Waals surface area contributed by atoms with Gasteiger partial charge in [0.1, 0.15) is 5.82 Å². The quantitative estimate of drug-likeness (QED) is 0.331. The van der Waals surface area contributed by atoms with Gasteiger partial charge >= 0.3 is 6.03 Å². The Morgan fingerprint density at radius 1 is 0.974 bits per heavy atom. The topological polar surface area (TPSA) is 35.6 Å². The van der Waals surface area contributed by atoms with E-state index in [9.17, 15) is 9.18 Å². The number of rotatable bonds is 5. The van der Waals surface area contributed by atoms with Gasteiger partial charge in [0.2, 0.25) is 0 Å². The summed E-state index contributed by atoms with van der Waals surface area (Å²) in [5, 5.41) is 4.06. The number of piperidine rings is 1. The number of nitrogens with one attached hydrogen (secondary N) is 1. The second kappa shape index (κ2) is 10.0. The third kappa shape index (κ3) is 4.48. The highest BCUT2D eigenvalue weighted by atomic mass is 35.5. The van der Waals surface area contributed by atoms with Crippen LogP contribution in [0.5, 0.6) is 0 Å². The lowest BCUT2D eigenvalue weighted by Gasteiger charge is -2.39. The van der Waals surface area contributed by atoms with Gasteiger partial charge in [-0.1, -0.05) is 53.9 Å². The number of carbonyl (C=O) groups is 1. The monoisotopic (exact) mass is 571 g/mol. The first-order valence-electron chi connectivity index (χ1n) is 13.2. The first-order chi connectivity index (χ1) is 18.3. The molecule has 0 aromatic heterocycles. The maximum Gasteiger partial charge on any atom is 0.326 e. The number of benzene rings is 3. The Hall–Kier alpha value is -2.31. The summed E-state index contributed by atoms with van der Waals surface area (Å²) in [6.07, 6.45) is 5.87. The molecule has 2 amide bonds. The van der Waals surface area contributed by atoms with Gasteiger partial charge < -0.3 is 5.32 Å². The number of hydrogen-bond donors (Lipinski definition) is 1. The van der Waals surface area contributed by atoms with Gasteiger partial charge in [-0.15, -0.1) is 0 Å². The van der Waals surface area contributed by atoms with Crippen molar-refractivity contribution in [1.29, 1.82) is 0 Å².